The van der Waals surface area contributed by atoms with Crippen LogP contribution in [0.3, 0.4) is 0 Å². The molecule has 1 aromatic heterocycles. The van der Waals surface area contributed by atoms with Crippen molar-refractivity contribution in [2.24, 2.45) is 11.8 Å². The molecule has 2 heteroatoms. The fraction of sp³-hybridized carbons (Fsp3) is 0.765. The molecule has 0 bridgehead atoms. The Bertz CT molecular complexity index is 392. The van der Waals surface area contributed by atoms with Crippen LogP contribution < -0.4 is 5.32 Å². The summed E-state index contributed by atoms with van der Waals surface area (Å²) in [6.07, 6.45) is 9.91. The Morgan fingerprint density at radius 2 is 2.00 bits per heavy atom. The standard InChI is InChI=1S/C17H27NO/c1-13-11-16(13)17-8-7-15(19-17)12-18-10-9-14-5-3-2-4-6-14/h7-8,13-14,16,18H,2-6,9-12H2,1H3. The Balaban J connectivity index is 1.34. The fourth-order valence-electron chi connectivity index (χ4n) is 3.40. The lowest BCUT2D eigenvalue weighted by molar-refractivity contribution is 0.331. The van der Waals surface area contributed by atoms with Gasteiger partial charge in [-0.15, -0.1) is 0 Å². The second-order valence-electron chi connectivity index (χ2n) is 6.59. The van der Waals surface area contributed by atoms with Crippen molar-refractivity contribution in [1.29, 1.82) is 0 Å². The molecule has 0 spiro atoms. The van der Waals surface area contributed by atoms with Gasteiger partial charge >= 0.3 is 0 Å². The summed E-state index contributed by atoms with van der Waals surface area (Å²) in [5, 5.41) is 3.54. The van der Waals surface area contributed by atoms with E-state index in [0.717, 1.165) is 30.7 Å². The van der Waals surface area contributed by atoms with Crippen LogP contribution in [0.25, 0.3) is 0 Å². The molecule has 3 rings (SSSR count). The largest absolute Gasteiger partial charge is 0.464 e. The van der Waals surface area contributed by atoms with E-state index in [-0.39, 0.29) is 0 Å². The minimum Gasteiger partial charge on any atom is -0.464 e. The first-order valence-corrected chi connectivity index (χ1v) is 8.12. The molecule has 2 aliphatic carbocycles. The van der Waals surface area contributed by atoms with Gasteiger partial charge in [-0.3, -0.25) is 0 Å². The van der Waals surface area contributed by atoms with Crippen molar-refractivity contribution < 1.29 is 4.42 Å². The van der Waals surface area contributed by atoms with Gasteiger partial charge in [-0.2, -0.15) is 0 Å². The van der Waals surface area contributed by atoms with Crippen LogP contribution in [0.15, 0.2) is 16.5 Å². The lowest BCUT2D eigenvalue weighted by Crippen LogP contribution is -2.18. The Hall–Kier alpha value is -0.760. The molecule has 0 saturated heterocycles. The number of nitrogens with one attached hydrogen (secondary N) is 1. The van der Waals surface area contributed by atoms with E-state index in [1.165, 1.54) is 50.7 Å². The summed E-state index contributed by atoms with van der Waals surface area (Å²) in [6.45, 7) is 4.34. The van der Waals surface area contributed by atoms with Crippen molar-refractivity contribution in [1.82, 2.24) is 5.32 Å². The SMILES string of the molecule is CC1CC1c1ccc(CNCCC2CCCCC2)o1. The smallest absolute Gasteiger partial charge is 0.117 e. The van der Waals surface area contributed by atoms with E-state index in [0.29, 0.717) is 5.92 Å². The van der Waals surface area contributed by atoms with Gasteiger partial charge in [0.15, 0.2) is 0 Å². The molecule has 2 aliphatic rings. The molecule has 1 N–H and O–H groups in total. The highest BCUT2D eigenvalue weighted by molar-refractivity contribution is 5.17. The second-order valence-corrected chi connectivity index (χ2v) is 6.59. The molecule has 2 nitrogen and oxygen atoms in total. The molecule has 2 fully saturated rings. The molecule has 0 aliphatic heterocycles. The molecule has 0 aromatic carbocycles. The van der Waals surface area contributed by atoms with Crippen LogP contribution in [0.1, 0.15) is 69.3 Å². The first-order valence-electron chi connectivity index (χ1n) is 8.12. The normalized spacial score (nSPS) is 27.6. The molecule has 2 unspecified atom stereocenters. The number of hydrogen-bond donors (Lipinski definition) is 1. The number of furan rings is 1. The molecule has 1 heterocycles. The van der Waals surface area contributed by atoms with Gasteiger partial charge in [0.05, 0.1) is 6.54 Å². The van der Waals surface area contributed by atoms with E-state index < -0.39 is 0 Å². The zero-order valence-electron chi connectivity index (χ0n) is 12.2. The highest BCUT2D eigenvalue weighted by Gasteiger charge is 2.36. The molecule has 106 valence electrons. The fourth-order valence-corrected chi connectivity index (χ4v) is 3.40. The topological polar surface area (TPSA) is 25.2 Å². The van der Waals surface area contributed by atoms with E-state index in [4.69, 9.17) is 4.42 Å². The van der Waals surface area contributed by atoms with Crippen molar-refractivity contribution >= 4 is 0 Å². The molecule has 0 radical (unpaired) electrons. The molecular formula is C17H27NO. The van der Waals surface area contributed by atoms with Crippen LogP contribution in [0.4, 0.5) is 0 Å². The van der Waals surface area contributed by atoms with Gasteiger partial charge < -0.3 is 9.73 Å². The van der Waals surface area contributed by atoms with Crippen molar-refractivity contribution in [2.75, 3.05) is 6.54 Å². The summed E-state index contributed by atoms with van der Waals surface area (Å²) in [6, 6.07) is 4.32. The van der Waals surface area contributed by atoms with E-state index in [1.54, 1.807) is 0 Å². The van der Waals surface area contributed by atoms with Gasteiger partial charge in [-0.1, -0.05) is 39.0 Å². The van der Waals surface area contributed by atoms with Gasteiger partial charge in [0.2, 0.25) is 0 Å². The molecule has 2 atom stereocenters. The minimum atomic E-state index is 0.705. The van der Waals surface area contributed by atoms with Crippen LogP contribution in [-0.2, 0) is 6.54 Å². The van der Waals surface area contributed by atoms with Gasteiger partial charge in [-0.25, -0.2) is 0 Å². The maximum absolute atomic E-state index is 5.91. The van der Waals surface area contributed by atoms with Gasteiger partial charge in [0.1, 0.15) is 11.5 Å². The van der Waals surface area contributed by atoms with Crippen molar-refractivity contribution in [3.8, 4) is 0 Å². The second kappa shape index (κ2) is 6.13. The predicted molar refractivity (Wildman–Crippen MR) is 78.1 cm³/mol. The van der Waals surface area contributed by atoms with E-state index in [9.17, 15) is 0 Å². The summed E-state index contributed by atoms with van der Waals surface area (Å²) in [5.41, 5.74) is 0. The molecule has 2 saturated carbocycles. The van der Waals surface area contributed by atoms with Crippen molar-refractivity contribution in [3.05, 3.63) is 23.7 Å². The van der Waals surface area contributed by atoms with Crippen LogP contribution in [0.5, 0.6) is 0 Å². The average molecular weight is 261 g/mol. The van der Waals surface area contributed by atoms with Crippen molar-refractivity contribution in [2.45, 2.75) is 64.3 Å². The lowest BCUT2D eigenvalue weighted by atomic mass is 9.87. The molecule has 1 aromatic rings. The summed E-state index contributed by atoms with van der Waals surface area (Å²) < 4.78 is 5.91. The third kappa shape index (κ3) is 3.62. The third-order valence-electron chi connectivity index (χ3n) is 4.91. The summed E-state index contributed by atoms with van der Waals surface area (Å²) in [4.78, 5) is 0. The average Bonchev–Trinajstić information content (AvgIpc) is 2.99. The maximum Gasteiger partial charge on any atom is 0.117 e. The summed E-state index contributed by atoms with van der Waals surface area (Å²) in [7, 11) is 0. The third-order valence-corrected chi connectivity index (χ3v) is 4.91. The van der Waals surface area contributed by atoms with Gasteiger partial charge in [0.25, 0.3) is 0 Å². The van der Waals surface area contributed by atoms with Crippen LogP contribution in [-0.4, -0.2) is 6.54 Å². The van der Waals surface area contributed by atoms with E-state index >= 15 is 0 Å². The minimum absolute atomic E-state index is 0.705. The molecule has 19 heavy (non-hydrogen) atoms. The first-order chi connectivity index (χ1) is 9.33. The Labute approximate surface area is 117 Å². The quantitative estimate of drug-likeness (QED) is 0.765. The Kier molecular flexibility index (Phi) is 4.27. The molecular weight excluding hydrogens is 234 g/mol. The highest BCUT2D eigenvalue weighted by Crippen LogP contribution is 2.47. The number of hydrogen-bond acceptors (Lipinski definition) is 2. The summed E-state index contributed by atoms with van der Waals surface area (Å²) >= 11 is 0. The first kappa shape index (κ1) is 13.2. The van der Waals surface area contributed by atoms with Crippen LogP contribution >= 0.6 is 0 Å². The Morgan fingerprint density at radius 3 is 2.74 bits per heavy atom. The molecule has 0 amide bonds. The van der Waals surface area contributed by atoms with Crippen molar-refractivity contribution in [3.63, 3.8) is 0 Å². The Morgan fingerprint density at radius 1 is 1.21 bits per heavy atom. The maximum atomic E-state index is 5.91. The highest BCUT2D eigenvalue weighted by atomic mass is 16.3. The van der Waals surface area contributed by atoms with E-state index in [2.05, 4.69) is 24.4 Å². The zero-order valence-corrected chi connectivity index (χ0v) is 12.2. The lowest BCUT2D eigenvalue weighted by Gasteiger charge is -2.21. The van der Waals surface area contributed by atoms with Crippen LogP contribution in [0, 0.1) is 11.8 Å². The van der Waals surface area contributed by atoms with Gasteiger partial charge in [-0.05, 0) is 43.4 Å². The van der Waals surface area contributed by atoms with E-state index in [1.807, 2.05) is 0 Å². The van der Waals surface area contributed by atoms with Gasteiger partial charge in [0, 0.05) is 5.92 Å². The zero-order chi connectivity index (χ0) is 13.1. The summed E-state index contributed by atoms with van der Waals surface area (Å²) in [5.74, 6) is 4.82. The predicted octanol–water partition coefficient (Wildman–Crippen LogP) is 4.46. The van der Waals surface area contributed by atoms with Crippen LogP contribution in [0.2, 0.25) is 0 Å². The monoisotopic (exact) mass is 261 g/mol. The number of rotatable bonds is 6.